The van der Waals surface area contributed by atoms with Crippen LogP contribution < -0.4 is 0 Å². The lowest BCUT2D eigenvalue weighted by molar-refractivity contribution is 0.664. The number of allylic oxidation sites excluding steroid dienone is 1. The van der Waals surface area contributed by atoms with Crippen LogP contribution in [-0.2, 0) is 5.41 Å². The molecule has 4 nitrogen and oxygen atoms in total. The molecule has 7 aromatic carbocycles. The van der Waals surface area contributed by atoms with E-state index < -0.39 is 0 Å². The number of aliphatic imine (C=N–C) groups is 2. The van der Waals surface area contributed by atoms with E-state index in [1.54, 1.807) is 0 Å². The highest BCUT2D eigenvalue weighted by molar-refractivity contribution is 6.19. The highest BCUT2D eigenvalue weighted by Crippen LogP contribution is 2.53. The molecule has 0 N–H and O–H groups in total. The molecule has 1 atom stereocenters. The van der Waals surface area contributed by atoms with Gasteiger partial charge in [-0.3, -0.25) is 4.57 Å². The molecule has 4 heteroatoms. The highest BCUT2D eigenvalue weighted by Gasteiger charge is 2.38. The quantitative estimate of drug-likeness (QED) is 0.173. The summed E-state index contributed by atoms with van der Waals surface area (Å²) < 4.78 is 4.86. The van der Waals surface area contributed by atoms with Gasteiger partial charge in [-0.05, 0) is 70.6 Å². The third-order valence-corrected chi connectivity index (χ3v) is 12.2. The molecule has 0 saturated heterocycles. The fourth-order valence-corrected chi connectivity index (χ4v) is 9.58. The first kappa shape index (κ1) is 32.6. The number of nitrogens with zero attached hydrogens (tertiary/aromatic N) is 4. The number of fused-ring (bicyclic) bond motifs is 10. The summed E-state index contributed by atoms with van der Waals surface area (Å²) in [5.74, 6) is 1.71. The molecular weight excluding hydrogens is 681 g/mol. The topological polar surface area (TPSA) is 34.6 Å². The number of benzene rings is 7. The lowest BCUT2D eigenvalue weighted by Crippen LogP contribution is -2.22. The SMILES string of the molecule is CCC1C=C(c2ccccc2)N=C(c2cccc(-n3c4ccccc4c4ccc5c(c43)C(C)(C)c3ccccc3-5)c2)N=C1n1c2ccccc2c2ccccc21. The maximum absolute atomic E-state index is 5.64. The maximum Gasteiger partial charge on any atom is 0.161 e. The van der Waals surface area contributed by atoms with E-state index in [4.69, 9.17) is 9.98 Å². The Morgan fingerprint density at radius 2 is 1.14 bits per heavy atom. The van der Waals surface area contributed by atoms with Crippen molar-refractivity contribution in [2.45, 2.75) is 32.6 Å². The summed E-state index contributed by atoms with van der Waals surface area (Å²) in [6.45, 7) is 7.00. The molecule has 1 aliphatic heterocycles. The van der Waals surface area contributed by atoms with Crippen molar-refractivity contribution >= 4 is 61.0 Å². The van der Waals surface area contributed by atoms with Crippen molar-refractivity contribution in [3.8, 4) is 16.8 Å². The Balaban J connectivity index is 1.17. The summed E-state index contributed by atoms with van der Waals surface area (Å²) in [7, 11) is 0. The van der Waals surface area contributed by atoms with Crippen molar-refractivity contribution in [3.05, 3.63) is 192 Å². The zero-order valence-electron chi connectivity index (χ0n) is 31.7. The molecule has 2 aromatic heterocycles. The van der Waals surface area contributed by atoms with Gasteiger partial charge >= 0.3 is 0 Å². The molecule has 9 aromatic rings. The van der Waals surface area contributed by atoms with Crippen LogP contribution in [0.3, 0.4) is 0 Å². The van der Waals surface area contributed by atoms with E-state index in [1.165, 1.54) is 54.8 Å². The molecule has 56 heavy (non-hydrogen) atoms. The van der Waals surface area contributed by atoms with Gasteiger partial charge in [0.15, 0.2) is 5.84 Å². The van der Waals surface area contributed by atoms with Crippen LogP contribution >= 0.6 is 0 Å². The van der Waals surface area contributed by atoms with E-state index >= 15 is 0 Å². The molecule has 2 aliphatic rings. The van der Waals surface area contributed by atoms with Gasteiger partial charge in [-0.15, -0.1) is 0 Å². The van der Waals surface area contributed by atoms with Crippen molar-refractivity contribution in [3.63, 3.8) is 0 Å². The van der Waals surface area contributed by atoms with Crippen molar-refractivity contribution in [1.82, 2.24) is 9.13 Å². The molecule has 0 radical (unpaired) electrons. The van der Waals surface area contributed by atoms with Gasteiger partial charge in [-0.2, -0.15) is 0 Å². The van der Waals surface area contributed by atoms with Crippen molar-refractivity contribution in [2.24, 2.45) is 15.9 Å². The highest BCUT2D eigenvalue weighted by atomic mass is 15.1. The van der Waals surface area contributed by atoms with E-state index in [1.807, 2.05) is 0 Å². The number of amidine groups is 1. The van der Waals surface area contributed by atoms with Crippen molar-refractivity contribution in [2.75, 3.05) is 0 Å². The molecule has 3 heterocycles. The molecule has 1 aliphatic carbocycles. The van der Waals surface area contributed by atoms with Crippen LogP contribution in [0.4, 0.5) is 0 Å². The lowest BCUT2D eigenvalue weighted by atomic mass is 9.81. The zero-order valence-corrected chi connectivity index (χ0v) is 31.7. The van der Waals surface area contributed by atoms with Gasteiger partial charge in [0.1, 0.15) is 5.84 Å². The summed E-state index contributed by atoms with van der Waals surface area (Å²) >= 11 is 0. The Hall–Kier alpha value is -6.78. The molecule has 0 bridgehead atoms. The minimum absolute atomic E-state index is 0.0256. The molecule has 1 unspecified atom stereocenters. The zero-order chi connectivity index (χ0) is 37.5. The molecule has 0 saturated carbocycles. The van der Waals surface area contributed by atoms with Gasteiger partial charge in [0, 0.05) is 44.1 Å². The van der Waals surface area contributed by atoms with Crippen LogP contribution in [0, 0.1) is 5.92 Å². The average Bonchev–Trinajstić information content (AvgIpc) is 3.78. The second kappa shape index (κ2) is 12.4. The monoisotopic (exact) mass is 720 g/mol. The van der Waals surface area contributed by atoms with Crippen LogP contribution in [0.5, 0.6) is 0 Å². The first-order valence-electron chi connectivity index (χ1n) is 19.7. The molecule has 11 rings (SSSR count). The summed E-state index contributed by atoms with van der Waals surface area (Å²) in [5.41, 5.74) is 14.0. The Labute approximate surface area is 326 Å². The standard InChI is InChI=1S/C52H40N4/c1-4-33-32-44(34-17-6-5-7-18-34)53-50(54-51(33)56-46-27-14-9-22-38(46)39-23-10-15-28-47(39)56)35-19-16-20-36(31-35)55-45-26-13-11-24-40(45)42-30-29-41-37-21-8-12-25-43(37)52(2,3)48(41)49(42)55/h5-33H,4H2,1-3H3. The molecule has 0 fully saturated rings. The fourth-order valence-electron chi connectivity index (χ4n) is 9.58. The van der Waals surface area contributed by atoms with E-state index in [9.17, 15) is 0 Å². The van der Waals surface area contributed by atoms with Gasteiger partial charge in [-0.25, -0.2) is 9.98 Å². The van der Waals surface area contributed by atoms with E-state index in [-0.39, 0.29) is 11.3 Å². The predicted molar refractivity (Wildman–Crippen MR) is 235 cm³/mol. The summed E-state index contributed by atoms with van der Waals surface area (Å²) in [5, 5.41) is 4.97. The van der Waals surface area contributed by atoms with Crippen LogP contribution in [0.25, 0.3) is 66.1 Å². The van der Waals surface area contributed by atoms with Gasteiger partial charge in [0.05, 0.1) is 27.8 Å². The van der Waals surface area contributed by atoms with E-state index in [0.717, 1.165) is 45.8 Å². The molecule has 0 spiro atoms. The Kier molecular flexibility index (Phi) is 7.21. The van der Waals surface area contributed by atoms with Gasteiger partial charge in [-0.1, -0.05) is 154 Å². The number of para-hydroxylation sites is 3. The first-order valence-corrected chi connectivity index (χ1v) is 19.7. The second-order valence-corrected chi connectivity index (χ2v) is 15.7. The third kappa shape index (κ3) is 4.72. The minimum Gasteiger partial charge on any atom is -0.309 e. The molecule has 0 amide bonds. The second-order valence-electron chi connectivity index (χ2n) is 15.7. The lowest BCUT2D eigenvalue weighted by Gasteiger charge is -2.23. The minimum atomic E-state index is -0.174. The van der Waals surface area contributed by atoms with Crippen LogP contribution in [0.1, 0.15) is 49.4 Å². The average molecular weight is 721 g/mol. The number of hydrogen-bond donors (Lipinski definition) is 0. The van der Waals surface area contributed by atoms with Crippen LogP contribution in [-0.4, -0.2) is 20.8 Å². The normalized spacial score (nSPS) is 16.1. The van der Waals surface area contributed by atoms with E-state index in [2.05, 4.69) is 200 Å². The summed E-state index contributed by atoms with van der Waals surface area (Å²) in [6.07, 6.45) is 3.20. The van der Waals surface area contributed by atoms with Gasteiger partial charge < -0.3 is 4.57 Å². The van der Waals surface area contributed by atoms with Crippen LogP contribution in [0.15, 0.2) is 180 Å². The van der Waals surface area contributed by atoms with Crippen LogP contribution in [0.2, 0.25) is 0 Å². The number of hydrogen-bond acceptors (Lipinski definition) is 2. The number of aromatic nitrogens is 2. The Morgan fingerprint density at radius 1 is 0.536 bits per heavy atom. The largest absolute Gasteiger partial charge is 0.309 e. The fraction of sp³-hybridized carbons (Fsp3) is 0.115. The van der Waals surface area contributed by atoms with Gasteiger partial charge in [0.2, 0.25) is 0 Å². The predicted octanol–water partition coefficient (Wildman–Crippen LogP) is 13.0. The van der Waals surface area contributed by atoms with E-state index in [0.29, 0.717) is 5.84 Å². The third-order valence-electron chi connectivity index (χ3n) is 12.2. The Bertz CT molecular complexity index is 3100. The smallest absolute Gasteiger partial charge is 0.161 e. The first-order chi connectivity index (χ1) is 27.5. The molecular formula is C52H40N4. The summed E-state index contributed by atoms with van der Waals surface area (Å²) in [4.78, 5) is 11.1. The Morgan fingerprint density at radius 3 is 1.86 bits per heavy atom. The van der Waals surface area contributed by atoms with Crippen molar-refractivity contribution in [1.29, 1.82) is 0 Å². The maximum atomic E-state index is 5.64. The summed E-state index contributed by atoms with van der Waals surface area (Å²) in [6, 6.07) is 59.2. The molecule has 268 valence electrons. The number of rotatable bonds is 4. The van der Waals surface area contributed by atoms with Gasteiger partial charge in [0.25, 0.3) is 0 Å². The van der Waals surface area contributed by atoms with Crippen molar-refractivity contribution < 1.29 is 0 Å².